The zero-order valence-electron chi connectivity index (χ0n) is 9.70. The number of nitrogens with two attached hydrogens (primary N) is 1. The molecule has 0 heterocycles. The van der Waals surface area contributed by atoms with Crippen LogP contribution in [0, 0.1) is 5.82 Å². The van der Waals surface area contributed by atoms with Gasteiger partial charge in [0.1, 0.15) is 5.82 Å². The number of hydrogen-bond donors (Lipinski definition) is 1. The molecule has 0 radical (unpaired) electrons. The van der Waals surface area contributed by atoms with E-state index in [4.69, 9.17) is 5.73 Å². The van der Waals surface area contributed by atoms with Crippen molar-refractivity contribution in [2.24, 2.45) is 0 Å². The molecule has 1 unspecified atom stereocenters. The van der Waals surface area contributed by atoms with Crippen molar-refractivity contribution in [3.8, 4) is 0 Å². The van der Waals surface area contributed by atoms with Crippen molar-refractivity contribution in [1.29, 1.82) is 0 Å². The van der Waals surface area contributed by atoms with Crippen molar-refractivity contribution >= 4 is 48.3 Å². The van der Waals surface area contributed by atoms with Crippen LogP contribution in [0.15, 0.2) is 50.2 Å². The van der Waals surface area contributed by atoms with Gasteiger partial charge in [-0.15, -0.1) is 0 Å². The van der Waals surface area contributed by atoms with Crippen LogP contribution in [0.25, 0.3) is 0 Å². The van der Waals surface area contributed by atoms with Gasteiger partial charge in [0, 0.05) is 20.2 Å². The number of hydrogen-bond acceptors (Lipinski definition) is 2. The van der Waals surface area contributed by atoms with E-state index in [0.717, 1.165) is 8.95 Å². The molecule has 2 rings (SSSR count). The SMILES string of the molecule is Nc1cc(Br)ccc1S(=O)Cc1cc(Br)ccc1F. The number of benzene rings is 2. The topological polar surface area (TPSA) is 43.1 Å². The maximum absolute atomic E-state index is 13.6. The molecule has 0 bridgehead atoms. The fourth-order valence-corrected chi connectivity index (χ4v) is 3.59. The van der Waals surface area contributed by atoms with E-state index in [9.17, 15) is 8.60 Å². The van der Waals surface area contributed by atoms with Crippen LogP contribution in [0.1, 0.15) is 5.56 Å². The van der Waals surface area contributed by atoms with Crippen molar-refractivity contribution in [2.45, 2.75) is 10.6 Å². The summed E-state index contributed by atoms with van der Waals surface area (Å²) in [4.78, 5) is 0.516. The van der Waals surface area contributed by atoms with Gasteiger partial charge in [-0.1, -0.05) is 31.9 Å². The molecule has 0 aliphatic heterocycles. The summed E-state index contributed by atoms with van der Waals surface area (Å²) in [5.74, 6) is -0.274. The van der Waals surface area contributed by atoms with Crippen LogP contribution < -0.4 is 5.73 Å². The molecule has 0 amide bonds. The second kappa shape index (κ2) is 6.15. The fraction of sp³-hybridized carbons (Fsp3) is 0.0769. The molecule has 19 heavy (non-hydrogen) atoms. The summed E-state index contributed by atoms with van der Waals surface area (Å²) in [7, 11) is -1.38. The summed E-state index contributed by atoms with van der Waals surface area (Å²) in [6.07, 6.45) is 0. The lowest BCUT2D eigenvalue weighted by Crippen LogP contribution is -2.02. The summed E-state index contributed by atoms with van der Waals surface area (Å²) in [6.45, 7) is 0. The zero-order chi connectivity index (χ0) is 14.0. The molecule has 100 valence electrons. The highest BCUT2D eigenvalue weighted by Gasteiger charge is 2.12. The van der Waals surface area contributed by atoms with E-state index in [1.807, 2.05) is 0 Å². The van der Waals surface area contributed by atoms with E-state index < -0.39 is 10.8 Å². The Hall–Kier alpha value is -0.720. The lowest BCUT2D eigenvalue weighted by Gasteiger charge is -2.07. The highest BCUT2D eigenvalue weighted by molar-refractivity contribution is 9.10. The minimum atomic E-state index is -1.38. The molecule has 0 aliphatic carbocycles. The van der Waals surface area contributed by atoms with E-state index in [0.29, 0.717) is 16.1 Å². The predicted molar refractivity (Wildman–Crippen MR) is 82.8 cm³/mol. The number of nitrogen functional groups attached to an aromatic ring is 1. The Bertz CT molecular complexity index is 649. The van der Waals surface area contributed by atoms with Crippen molar-refractivity contribution in [1.82, 2.24) is 0 Å². The molecule has 0 fully saturated rings. The summed E-state index contributed by atoms with van der Waals surface area (Å²) in [5.41, 5.74) is 6.65. The van der Waals surface area contributed by atoms with Gasteiger partial charge >= 0.3 is 0 Å². The van der Waals surface area contributed by atoms with Crippen molar-refractivity contribution in [3.63, 3.8) is 0 Å². The van der Waals surface area contributed by atoms with Gasteiger partial charge < -0.3 is 5.73 Å². The second-order valence-electron chi connectivity index (χ2n) is 3.91. The molecular weight excluding hydrogens is 397 g/mol. The highest BCUT2D eigenvalue weighted by atomic mass is 79.9. The summed E-state index contributed by atoms with van der Waals surface area (Å²) >= 11 is 6.56. The van der Waals surface area contributed by atoms with Crippen LogP contribution in [0.3, 0.4) is 0 Å². The standard InChI is InChI=1S/C13H10Br2FNOS/c14-9-1-3-11(16)8(5-9)7-19(18)13-4-2-10(15)6-12(13)17/h1-6H,7,17H2. The second-order valence-corrected chi connectivity index (χ2v) is 7.16. The van der Waals surface area contributed by atoms with Gasteiger partial charge in [0.25, 0.3) is 0 Å². The quantitative estimate of drug-likeness (QED) is 0.774. The Morgan fingerprint density at radius 1 is 1.11 bits per heavy atom. The van der Waals surface area contributed by atoms with Crippen LogP contribution >= 0.6 is 31.9 Å². The van der Waals surface area contributed by atoms with Crippen LogP contribution in [-0.4, -0.2) is 4.21 Å². The largest absolute Gasteiger partial charge is 0.398 e. The van der Waals surface area contributed by atoms with Crippen LogP contribution in [0.2, 0.25) is 0 Å². The first-order valence-electron chi connectivity index (χ1n) is 5.34. The van der Waals surface area contributed by atoms with Crippen LogP contribution in [0.4, 0.5) is 10.1 Å². The third-order valence-corrected chi connectivity index (χ3v) is 4.93. The Labute approximate surface area is 129 Å². The Balaban J connectivity index is 2.28. The van der Waals surface area contributed by atoms with Gasteiger partial charge in [0.15, 0.2) is 0 Å². The molecule has 2 nitrogen and oxygen atoms in total. The third kappa shape index (κ3) is 3.64. The molecule has 2 aromatic rings. The van der Waals surface area contributed by atoms with Crippen LogP contribution in [0.5, 0.6) is 0 Å². The highest BCUT2D eigenvalue weighted by Crippen LogP contribution is 2.25. The van der Waals surface area contributed by atoms with Crippen molar-refractivity contribution in [2.75, 3.05) is 5.73 Å². The van der Waals surface area contributed by atoms with Crippen molar-refractivity contribution in [3.05, 3.63) is 56.7 Å². The van der Waals surface area contributed by atoms with E-state index in [2.05, 4.69) is 31.9 Å². The molecule has 6 heteroatoms. The summed E-state index contributed by atoms with van der Waals surface area (Å²) in [5, 5.41) is 0. The van der Waals surface area contributed by atoms with Gasteiger partial charge in [-0.3, -0.25) is 4.21 Å². The van der Waals surface area contributed by atoms with E-state index >= 15 is 0 Å². The minimum absolute atomic E-state index is 0.0944. The molecule has 0 spiro atoms. The maximum atomic E-state index is 13.6. The lowest BCUT2D eigenvalue weighted by molar-refractivity contribution is 0.615. The minimum Gasteiger partial charge on any atom is -0.398 e. The fourth-order valence-electron chi connectivity index (χ4n) is 1.60. The van der Waals surface area contributed by atoms with Gasteiger partial charge in [0.2, 0.25) is 0 Å². The van der Waals surface area contributed by atoms with E-state index in [1.165, 1.54) is 6.07 Å². The first-order valence-corrected chi connectivity index (χ1v) is 8.25. The van der Waals surface area contributed by atoms with E-state index in [1.54, 1.807) is 30.3 Å². The van der Waals surface area contributed by atoms with Crippen LogP contribution in [-0.2, 0) is 16.6 Å². The van der Waals surface area contributed by atoms with Gasteiger partial charge in [-0.2, -0.15) is 0 Å². The molecule has 0 aromatic heterocycles. The van der Waals surface area contributed by atoms with Gasteiger partial charge in [0.05, 0.1) is 21.4 Å². The lowest BCUT2D eigenvalue weighted by atomic mass is 10.2. The molecule has 0 saturated heterocycles. The summed E-state index contributed by atoms with van der Waals surface area (Å²) < 4.78 is 27.4. The maximum Gasteiger partial charge on any atom is 0.127 e. The number of anilines is 1. The molecule has 0 aliphatic rings. The Kier molecular flexibility index (Phi) is 4.76. The van der Waals surface area contributed by atoms with E-state index in [-0.39, 0.29) is 11.6 Å². The third-order valence-electron chi connectivity index (χ3n) is 2.51. The smallest absolute Gasteiger partial charge is 0.127 e. The van der Waals surface area contributed by atoms with Gasteiger partial charge in [-0.25, -0.2) is 4.39 Å². The monoisotopic (exact) mass is 405 g/mol. The Morgan fingerprint density at radius 2 is 1.74 bits per heavy atom. The average molecular weight is 407 g/mol. The first kappa shape index (κ1) is 14.7. The zero-order valence-corrected chi connectivity index (χ0v) is 13.7. The number of halogens is 3. The molecule has 1 atom stereocenters. The number of rotatable bonds is 3. The first-order chi connectivity index (χ1) is 8.97. The molecule has 0 saturated carbocycles. The Morgan fingerprint density at radius 3 is 2.42 bits per heavy atom. The van der Waals surface area contributed by atoms with Gasteiger partial charge in [-0.05, 0) is 36.4 Å². The molecule has 2 aromatic carbocycles. The normalized spacial score (nSPS) is 12.4. The predicted octanol–water partition coefficient (Wildman–Crippen LogP) is 4.24. The average Bonchev–Trinajstić information content (AvgIpc) is 2.33. The molecule has 2 N–H and O–H groups in total. The summed E-state index contributed by atoms with van der Waals surface area (Å²) in [6, 6.07) is 9.72. The van der Waals surface area contributed by atoms with Crippen molar-refractivity contribution < 1.29 is 8.60 Å². The molecular formula is C13H10Br2FNOS.